The van der Waals surface area contributed by atoms with Crippen LogP contribution >= 0.6 is 0 Å². The van der Waals surface area contributed by atoms with E-state index in [1.54, 1.807) is 0 Å². The largest absolute Gasteiger partial charge is 0.0645 e. The Kier molecular flexibility index (Phi) is 3.79. The lowest BCUT2D eigenvalue weighted by Crippen LogP contribution is -2.61. The van der Waals surface area contributed by atoms with Crippen molar-refractivity contribution in [2.45, 2.75) is 119 Å². The van der Waals surface area contributed by atoms with Crippen molar-refractivity contribution in [3.63, 3.8) is 0 Å². The smallest absolute Gasteiger partial charge is 0.00566 e. The van der Waals surface area contributed by atoms with E-state index in [1.807, 2.05) is 11.1 Å². The summed E-state index contributed by atoms with van der Waals surface area (Å²) in [5.74, 6) is 1.90. The van der Waals surface area contributed by atoms with Crippen molar-refractivity contribution >= 4 is 0 Å². The molecular weight excluding hydrogens is 324 g/mol. The summed E-state index contributed by atoms with van der Waals surface area (Å²) in [5.41, 5.74) is 6.68. The van der Waals surface area contributed by atoms with Gasteiger partial charge in [0.05, 0.1) is 0 Å². The molecule has 0 saturated heterocycles. The molecule has 5 rings (SSSR count). The summed E-state index contributed by atoms with van der Waals surface area (Å²) in [6, 6.07) is 0. The Morgan fingerprint density at radius 2 is 1.41 bits per heavy atom. The molecule has 0 N–H and O–H groups in total. The van der Waals surface area contributed by atoms with E-state index in [9.17, 15) is 0 Å². The number of hydrogen-bond acceptors (Lipinski definition) is 0. The second-order valence-electron chi connectivity index (χ2n) is 13.2. The zero-order valence-corrected chi connectivity index (χ0v) is 19.1. The Morgan fingerprint density at radius 1 is 0.630 bits per heavy atom. The van der Waals surface area contributed by atoms with E-state index in [1.165, 1.54) is 77.0 Å². The van der Waals surface area contributed by atoms with Gasteiger partial charge in [0.25, 0.3) is 0 Å². The van der Waals surface area contributed by atoms with Crippen LogP contribution in [0.2, 0.25) is 0 Å². The van der Waals surface area contributed by atoms with E-state index in [0.717, 1.165) is 11.8 Å². The molecule has 0 nitrogen and oxygen atoms in total. The third kappa shape index (κ3) is 2.17. The Labute approximate surface area is 169 Å². The SMILES string of the molecule is CC1(C)CCC[C@]2(C)[C@@H]1CC[C@@]1(C)[C@H]2CCC2=C3CCC[C@]3(C)CC[C@]21C. The van der Waals surface area contributed by atoms with Crippen LogP contribution in [0.15, 0.2) is 11.1 Å². The van der Waals surface area contributed by atoms with Gasteiger partial charge in [-0.15, -0.1) is 0 Å². The van der Waals surface area contributed by atoms with E-state index >= 15 is 0 Å². The summed E-state index contributed by atoms with van der Waals surface area (Å²) < 4.78 is 0. The molecule has 5 aliphatic carbocycles. The van der Waals surface area contributed by atoms with E-state index in [2.05, 4.69) is 41.5 Å². The van der Waals surface area contributed by atoms with Gasteiger partial charge in [-0.2, -0.15) is 0 Å². The Bertz CT molecular complexity index is 682. The van der Waals surface area contributed by atoms with Gasteiger partial charge in [-0.25, -0.2) is 0 Å². The van der Waals surface area contributed by atoms with Crippen LogP contribution in [0.4, 0.5) is 0 Å². The van der Waals surface area contributed by atoms with E-state index in [-0.39, 0.29) is 0 Å². The van der Waals surface area contributed by atoms with Gasteiger partial charge >= 0.3 is 0 Å². The predicted octanol–water partition coefficient (Wildman–Crippen LogP) is 8.32. The quantitative estimate of drug-likeness (QED) is 0.377. The van der Waals surface area contributed by atoms with E-state index < -0.39 is 0 Å². The van der Waals surface area contributed by atoms with Crippen LogP contribution in [-0.4, -0.2) is 0 Å². The molecule has 6 atom stereocenters. The number of allylic oxidation sites excluding steroid dienone is 2. The first-order valence-corrected chi connectivity index (χ1v) is 12.3. The molecule has 0 unspecified atom stereocenters. The highest BCUT2D eigenvalue weighted by Crippen LogP contribution is 2.75. The Balaban J connectivity index is 1.60. The van der Waals surface area contributed by atoms with Gasteiger partial charge in [-0.3, -0.25) is 0 Å². The molecule has 27 heavy (non-hydrogen) atoms. The van der Waals surface area contributed by atoms with Crippen LogP contribution in [0.5, 0.6) is 0 Å². The Hall–Kier alpha value is -0.260. The van der Waals surface area contributed by atoms with Gasteiger partial charge in [0, 0.05) is 0 Å². The van der Waals surface area contributed by atoms with Crippen molar-refractivity contribution in [2.75, 3.05) is 0 Å². The standard InChI is InChI=1S/C27H44/c1-23(2)13-8-15-25(4)21(23)12-16-27(6)22(25)11-10-20-19-9-7-14-24(19,3)17-18-26(20,27)5/h21-22H,7-18H2,1-6H3/t21-,22+,24-,25-,26-,27+/m1/s1. The molecule has 0 heteroatoms. The van der Waals surface area contributed by atoms with Crippen molar-refractivity contribution in [3.8, 4) is 0 Å². The third-order valence-corrected chi connectivity index (χ3v) is 11.8. The first-order chi connectivity index (χ1) is 12.6. The van der Waals surface area contributed by atoms with Gasteiger partial charge in [0.2, 0.25) is 0 Å². The lowest BCUT2D eigenvalue weighted by molar-refractivity contribution is -0.179. The lowest BCUT2D eigenvalue weighted by atomic mass is 9.35. The first kappa shape index (κ1) is 18.7. The molecular formula is C27H44. The van der Waals surface area contributed by atoms with Crippen LogP contribution in [-0.2, 0) is 0 Å². The molecule has 0 aromatic rings. The van der Waals surface area contributed by atoms with E-state index in [0.29, 0.717) is 27.1 Å². The molecule has 152 valence electrons. The van der Waals surface area contributed by atoms with E-state index in [4.69, 9.17) is 0 Å². The molecule has 0 aromatic heterocycles. The van der Waals surface area contributed by atoms with Gasteiger partial charge in [0.1, 0.15) is 0 Å². The van der Waals surface area contributed by atoms with Crippen LogP contribution in [0, 0.1) is 38.9 Å². The highest BCUT2D eigenvalue weighted by atomic mass is 14.7. The second kappa shape index (κ2) is 5.46. The summed E-state index contributed by atoms with van der Waals surface area (Å²) in [5, 5.41) is 0. The molecule has 0 aliphatic heterocycles. The van der Waals surface area contributed by atoms with Crippen molar-refractivity contribution in [2.24, 2.45) is 38.9 Å². The number of fused-ring (bicyclic) bond motifs is 6. The molecule has 0 spiro atoms. The fourth-order valence-electron chi connectivity index (χ4n) is 10.2. The summed E-state index contributed by atoms with van der Waals surface area (Å²) in [6.07, 6.45) is 17.6. The molecule has 4 fully saturated rings. The minimum atomic E-state index is 0.491. The maximum atomic E-state index is 2.76. The summed E-state index contributed by atoms with van der Waals surface area (Å²) >= 11 is 0. The van der Waals surface area contributed by atoms with Gasteiger partial charge in [0.15, 0.2) is 0 Å². The zero-order valence-electron chi connectivity index (χ0n) is 19.1. The maximum absolute atomic E-state index is 2.76. The predicted molar refractivity (Wildman–Crippen MR) is 116 cm³/mol. The van der Waals surface area contributed by atoms with Gasteiger partial charge in [-0.05, 0) is 110 Å². The molecule has 0 radical (unpaired) electrons. The number of rotatable bonds is 0. The zero-order chi connectivity index (χ0) is 19.3. The first-order valence-electron chi connectivity index (χ1n) is 12.3. The summed E-state index contributed by atoms with van der Waals surface area (Å²) in [4.78, 5) is 0. The average Bonchev–Trinajstić information content (AvgIpc) is 2.97. The minimum Gasteiger partial charge on any atom is -0.0645 e. The topological polar surface area (TPSA) is 0 Å². The average molecular weight is 369 g/mol. The highest BCUT2D eigenvalue weighted by molar-refractivity contribution is 5.37. The second-order valence-corrected chi connectivity index (χ2v) is 13.2. The fourth-order valence-corrected chi connectivity index (χ4v) is 10.2. The van der Waals surface area contributed by atoms with Crippen LogP contribution in [0.3, 0.4) is 0 Å². The maximum Gasteiger partial charge on any atom is -0.00566 e. The van der Waals surface area contributed by atoms with Crippen LogP contribution in [0.25, 0.3) is 0 Å². The lowest BCUT2D eigenvalue weighted by Gasteiger charge is -2.70. The molecule has 0 heterocycles. The monoisotopic (exact) mass is 368 g/mol. The van der Waals surface area contributed by atoms with Gasteiger partial charge < -0.3 is 0 Å². The molecule has 5 aliphatic rings. The molecule has 4 saturated carbocycles. The molecule has 0 aromatic carbocycles. The molecule has 0 bridgehead atoms. The van der Waals surface area contributed by atoms with Crippen LogP contribution < -0.4 is 0 Å². The highest BCUT2D eigenvalue weighted by Gasteiger charge is 2.66. The molecule has 0 amide bonds. The number of hydrogen-bond donors (Lipinski definition) is 0. The van der Waals surface area contributed by atoms with Gasteiger partial charge in [-0.1, -0.05) is 59.1 Å². The Morgan fingerprint density at radius 3 is 2.19 bits per heavy atom. The van der Waals surface area contributed by atoms with Crippen LogP contribution in [0.1, 0.15) is 119 Å². The van der Waals surface area contributed by atoms with Crippen molar-refractivity contribution in [1.82, 2.24) is 0 Å². The van der Waals surface area contributed by atoms with Crippen molar-refractivity contribution in [3.05, 3.63) is 11.1 Å². The summed E-state index contributed by atoms with van der Waals surface area (Å²) in [6.45, 7) is 16.0. The third-order valence-electron chi connectivity index (χ3n) is 11.8. The minimum absolute atomic E-state index is 0.491. The summed E-state index contributed by atoms with van der Waals surface area (Å²) in [7, 11) is 0. The van der Waals surface area contributed by atoms with Crippen molar-refractivity contribution < 1.29 is 0 Å². The fraction of sp³-hybridized carbons (Fsp3) is 0.926. The normalized spacial score (nSPS) is 54.0. The van der Waals surface area contributed by atoms with Crippen molar-refractivity contribution in [1.29, 1.82) is 0 Å².